The van der Waals surface area contributed by atoms with Crippen LogP contribution in [-0.4, -0.2) is 42.7 Å². The Morgan fingerprint density at radius 1 is 1.29 bits per heavy atom. The number of rotatable bonds is 6. The Labute approximate surface area is 122 Å². The van der Waals surface area contributed by atoms with Crippen LogP contribution in [0.15, 0.2) is 4.42 Å². The van der Waals surface area contributed by atoms with Gasteiger partial charge in [0.15, 0.2) is 6.61 Å². The number of hydrogen-bond acceptors (Lipinski definition) is 6. The molecule has 0 spiro atoms. The Bertz CT molecular complexity index is 651. The lowest BCUT2D eigenvalue weighted by Crippen LogP contribution is -2.31. The number of nitrogens with one attached hydrogen (secondary N) is 1. The fourth-order valence-electron chi connectivity index (χ4n) is 1.90. The number of furan rings is 1. The highest BCUT2D eigenvalue weighted by Gasteiger charge is 2.17. The van der Waals surface area contributed by atoms with Crippen molar-refractivity contribution in [3.8, 4) is 5.88 Å². The van der Waals surface area contributed by atoms with Crippen LogP contribution >= 0.6 is 0 Å². The maximum atomic E-state index is 11.6. The van der Waals surface area contributed by atoms with Crippen molar-refractivity contribution >= 4 is 17.0 Å². The van der Waals surface area contributed by atoms with Crippen LogP contribution in [0.1, 0.15) is 17.1 Å². The summed E-state index contributed by atoms with van der Waals surface area (Å²) < 4.78 is 15.9. The number of amides is 1. The lowest BCUT2D eigenvalue weighted by Gasteiger charge is -2.08. The van der Waals surface area contributed by atoms with E-state index in [1.807, 2.05) is 13.8 Å². The zero-order valence-electron chi connectivity index (χ0n) is 12.6. The Morgan fingerprint density at radius 3 is 2.76 bits per heavy atom. The van der Waals surface area contributed by atoms with Crippen molar-refractivity contribution in [2.45, 2.75) is 20.8 Å². The van der Waals surface area contributed by atoms with Gasteiger partial charge in [0.25, 0.3) is 5.91 Å². The zero-order valence-corrected chi connectivity index (χ0v) is 12.6. The second kappa shape index (κ2) is 6.53. The molecule has 0 atom stereocenters. The van der Waals surface area contributed by atoms with Crippen LogP contribution < -0.4 is 10.1 Å². The average molecular weight is 293 g/mol. The van der Waals surface area contributed by atoms with Gasteiger partial charge in [-0.3, -0.25) is 4.79 Å². The van der Waals surface area contributed by atoms with Gasteiger partial charge in [0, 0.05) is 19.2 Å². The normalized spacial score (nSPS) is 10.9. The summed E-state index contributed by atoms with van der Waals surface area (Å²) in [6.07, 6.45) is 0. The third kappa shape index (κ3) is 3.49. The van der Waals surface area contributed by atoms with E-state index >= 15 is 0 Å². The number of fused-ring (bicyclic) bond motifs is 1. The minimum absolute atomic E-state index is 0.112. The quantitative estimate of drug-likeness (QED) is 0.808. The van der Waals surface area contributed by atoms with Crippen LogP contribution in [0.4, 0.5) is 0 Å². The number of aryl methyl sites for hydroxylation is 3. The number of hydrogen-bond donors (Lipinski definition) is 1. The first-order valence-electron chi connectivity index (χ1n) is 6.65. The molecule has 7 heteroatoms. The maximum absolute atomic E-state index is 11.6. The molecule has 0 aliphatic heterocycles. The number of methoxy groups -OCH3 is 1. The first kappa shape index (κ1) is 15.2. The smallest absolute Gasteiger partial charge is 0.258 e. The molecule has 0 bridgehead atoms. The van der Waals surface area contributed by atoms with Gasteiger partial charge in [-0.15, -0.1) is 0 Å². The van der Waals surface area contributed by atoms with Gasteiger partial charge in [0.1, 0.15) is 17.0 Å². The van der Waals surface area contributed by atoms with Crippen molar-refractivity contribution in [2.24, 2.45) is 0 Å². The Kier molecular flexibility index (Phi) is 4.74. The fraction of sp³-hybridized carbons (Fsp3) is 0.500. The SMILES string of the molecule is COCCNC(=O)COc1nc(C)nc2oc(C)c(C)c12. The largest absolute Gasteiger partial charge is 0.467 e. The van der Waals surface area contributed by atoms with Gasteiger partial charge in [-0.25, -0.2) is 0 Å². The topological polar surface area (TPSA) is 86.5 Å². The lowest BCUT2D eigenvalue weighted by molar-refractivity contribution is -0.123. The molecule has 7 nitrogen and oxygen atoms in total. The second-order valence-electron chi connectivity index (χ2n) is 4.67. The van der Waals surface area contributed by atoms with Gasteiger partial charge >= 0.3 is 0 Å². The van der Waals surface area contributed by atoms with E-state index in [-0.39, 0.29) is 12.5 Å². The van der Waals surface area contributed by atoms with Gasteiger partial charge in [0.2, 0.25) is 11.6 Å². The molecule has 2 aromatic heterocycles. The predicted octanol–water partition coefficient (Wildman–Crippen LogP) is 1.29. The Hall–Kier alpha value is -2.15. The average Bonchev–Trinajstić information content (AvgIpc) is 2.71. The van der Waals surface area contributed by atoms with Crippen molar-refractivity contribution in [1.82, 2.24) is 15.3 Å². The van der Waals surface area contributed by atoms with Crippen LogP contribution in [0.3, 0.4) is 0 Å². The summed E-state index contributed by atoms with van der Waals surface area (Å²) in [5, 5.41) is 3.39. The number of aromatic nitrogens is 2. The highest BCUT2D eigenvalue weighted by atomic mass is 16.5. The molecule has 0 fully saturated rings. The first-order chi connectivity index (χ1) is 10.0. The molecule has 21 heavy (non-hydrogen) atoms. The van der Waals surface area contributed by atoms with Gasteiger partial charge in [-0.1, -0.05) is 0 Å². The minimum Gasteiger partial charge on any atom is -0.467 e. The number of nitrogens with zero attached hydrogens (tertiary/aromatic N) is 2. The summed E-state index contributed by atoms with van der Waals surface area (Å²) >= 11 is 0. The van der Waals surface area contributed by atoms with Crippen LogP contribution in [0.2, 0.25) is 0 Å². The summed E-state index contributed by atoms with van der Waals surface area (Å²) in [5.74, 6) is 1.44. The molecule has 0 unspecified atom stereocenters. The summed E-state index contributed by atoms with van der Waals surface area (Å²) in [4.78, 5) is 20.1. The number of ether oxygens (including phenoxy) is 2. The van der Waals surface area contributed by atoms with Crippen molar-refractivity contribution in [3.63, 3.8) is 0 Å². The summed E-state index contributed by atoms with van der Waals surface area (Å²) in [6.45, 7) is 6.30. The van der Waals surface area contributed by atoms with Crippen molar-refractivity contribution in [1.29, 1.82) is 0 Å². The van der Waals surface area contributed by atoms with E-state index < -0.39 is 0 Å². The van der Waals surface area contributed by atoms with E-state index in [0.29, 0.717) is 36.0 Å². The standard InChI is InChI=1S/C14H19N3O4/c1-8-9(2)21-14-12(8)13(16-10(3)17-14)20-7-11(18)15-5-6-19-4/h5-7H2,1-4H3,(H,15,18). The van der Waals surface area contributed by atoms with E-state index in [0.717, 1.165) is 11.3 Å². The van der Waals surface area contributed by atoms with E-state index in [2.05, 4.69) is 15.3 Å². The third-order valence-corrected chi connectivity index (χ3v) is 3.08. The summed E-state index contributed by atoms with van der Waals surface area (Å²) in [7, 11) is 1.58. The van der Waals surface area contributed by atoms with Gasteiger partial charge in [-0.2, -0.15) is 9.97 Å². The highest BCUT2D eigenvalue weighted by molar-refractivity contribution is 5.84. The molecule has 0 aliphatic rings. The van der Waals surface area contributed by atoms with E-state index in [1.165, 1.54) is 0 Å². The molecule has 2 heterocycles. The molecule has 1 amide bonds. The van der Waals surface area contributed by atoms with Crippen LogP contribution in [-0.2, 0) is 9.53 Å². The van der Waals surface area contributed by atoms with Gasteiger partial charge < -0.3 is 19.2 Å². The van der Waals surface area contributed by atoms with Crippen LogP contribution in [0, 0.1) is 20.8 Å². The molecule has 0 saturated heterocycles. The molecule has 0 aliphatic carbocycles. The van der Waals surface area contributed by atoms with Crippen molar-refractivity contribution < 1.29 is 18.7 Å². The molecule has 0 saturated carbocycles. The van der Waals surface area contributed by atoms with E-state index in [9.17, 15) is 4.79 Å². The van der Waals surface area contributed by atoms with Gasteiger partial charge in [0.05, 0.1) is 6.61 Å². The van der Waals surface area contributed by atoms with E-state index in [4.69, 9.17) is 13.9 Å². The van der Waals surface area contributed by atoms with Crippen LogP contribution in [0.5, 0.6) is 5.88 Å². The second-order valence-corrected chi connectivity index (χ2v) is 4.67. The fourth-order valence-corrected chi connectivity index (χ4v) is 1.90. The zero-order chi connectivity index (χ0) is 15.4. The molecule has 1 N–H and O–H groups in total. The first-order valence-corrected chi connectivity index (χ1v) is 6.65. The highest BCUT2D eigenvalue weighted by Crippen LogP contribution is 2.30. The van der Waals surface area contributed by atoms with E-state index in [1.54, 1.807) is 14.0 Å². The number of carbonyl (C=O) groups is 1. The monoisotopic (exact) mass is 293 g/mol. The van der Waals surface area contributed by atoms with Crippen LogP contribution in [0.25, 0.3) is 11.1 Å². The Morgan fingerprint density at radius 2 is 2.05 bits per heavy atom. The minimum atomic E-state index is -0.227. The predicted molar refractivity (Wildman–Crippen MR) is 76.4 cm³/mol. The van der Waals surface area contributed by atoms with Gasteiger partial charge in [-0.05, 0) is 20.8 Å². The molecule has 2 aromatic rings. The van der Waals surface area contributed by atoms with Crippen molar-refractivity contribution in [3.05, 3.63) is 17.1 Å². The lowest BCUT2D eigenvalue weighted by atomic mass is 10.2. The Balaban J connectivity index is 2.13. The molecular formula is C14H19N3O4. The molecular weight excluding hydrogens is 274 g/mol. The molecule has 0 aromatic carbocycles. The summed E-state index contributed by atoms with van der Waals surface area (Å²) in [5.41, 5.74) is 1.40. The number of carbonyl (C=O) groups excluding carboxylic acids is 1. The third-order valence-electron chi connectivity index (χ3n) is 3.08. The van der Waals surface area contributed by atoms with Crippen molar-refractivity contribution in [2.75, 3.05) is 26.9 Å². The molecule has 114 valence electrons. The molecule has 0 radical (unpaired) electrons. The summed E-state index contributed by atoms with van der Waals surface area (Å²) in [6, 6.07) is 0. The molecule has 2 rings (SSSR count). The maximum Gasteiger partial charge on any atom is 0.258 e.